The Morgan fingerprint density at radius 1 is 1.59 bits per heavy atom. The van der Waals surface area contributed by atoms with Gasteiger partial charge in [0.05, 0.1) is 15.9 Å². The number of rotatable bonds is 5. The van der Waals surface area contributed by atoms with Gasteiger partial charge in [-0.3, -0.25) is 0 Å². The summed E-state index contributed by atoms with van der Waals surface area (Å²) in [5, 5.41) is 9.22. The zero-order chi connectivity index (χ0) is 13.3. The molecule has 98 valence electrons. The summed E-state index contributed by atoms with van der Waals surface area (Å²) < 4.78 is 27.8. The number of hydrogen-bond acceptors (Lipinski definition) is 4. The van der Waals surface area contributed by atoms with Crippen molar-refractivity contribution in [2.75, 3.05) is 6.61 Å². The molecule has 0 aliphatic rings. The summed E-state index contributed by atoms with van der Waals surface area (Å²) in [6.07, 6.45) is 0.522. The van der Waals surface area contributed by atoms with Crippen LogP contribution < -0.4 is 4.72 Å². The van der Waals surface area contributed by atoms with Gasteiger partial charge in [-0.2, -0.15) is 0 Å². The lowest BCUT2D eigenvalue weighted by atomic mass is 10.0. The predicted molar refractivity (Wildman–Crippen MR) is 72.9 cm³/mol. The molecular weight excluding hydrogens is 326 g/mol. The second-order valence-electron chi connectivity index (χ2n) is 4.20. The second-order valence-corrected chi connectivity index (χ2v) is 8.48. The van der Waals surface area contributed by atoms with E-state index in [1.54, 1.807) is 13.0 Å². The monoisotopic (exact) mass is 341 g/mol. The largest absolute Gasteiger partial charge is 0.394 e. The average molecular weight is 342 g/mol. The van der Waals surface area contributed by atoms with Crippen LogP contribution >= 0.6 is 27.3 Å². The molecule has 17 heavy (non-hydrogen) atoms. The van der Waals surface area contributed by atoms with Crippen molar-refractivity contribution in [3.63, 3.8) is 0 Å². The Labute approximate surface area is 114 Å². The highest BCUT2D eigenvalue weighted by molar-refractivity contribution is 9.11. The Morgan fingerprint density at radius 3 is 2.53 bits per heavy atom. The maximum atomic E-state index is 12.1. The summed E-state index contributed by atoms with van der Waals surface area (Å²) >= 11 is 4.47. The second kappa shape index (κ2) is 5.36. The molecule has 0 spiro atoms. The van der Waals surface area contributed by atoms with Crippen molar-refractivity contribution in [3.05, 3.63) is 15.4 Å². The number of sulfonamides is 1. The molecule has 0 bridgehead atoms. The number of aliphatic hydroxyl groups excluding tert-OH is 1. The Hall–Kier alpha value is 0.0500. The first-order valence-corrected chi connectivity index (χ1v) is 8.24. The molecule has 0 saturated heterocycles. The molecule has 0 aliphatic heterocycles. The fraction of sp³-hybridized carbons (Fsp3) is 0.600. The fourth-order valence-corrected chi connectivity index (χ4v) is 4.85. The van der Waals surface area contributed by atoms with Crippen molar-refractivity contribution < 1.29 is 13.5 Å². The van der Waals surface area contributed by atoms with Crippen LogP contribution in [0.15, 0.2) is 14.1 Å². The Bertz CT molecular complexity index is 472. The van der Waals surface area contributed by atoms with Crippen molar-refractivity contribution >= 4 is 37.3 Å². The number of aliphatic hydroxyl groups is 1. The molecule has 4 nitrogen and oxygen atoms in total. The lowest BCUT2D eigenvalue weighted by Gasteiger charge is -2.26. The minimum atomic E-state index is -3.57. The number of aryl methyl sites for hydroxylation is 1. The lowest BCUT2D eigenvalue weighted by molar-refractivity contribution is 0.191. The average Bonchev–Trinajstić information content (AvgIpc) is 2.59. The van der Waals surface area contributed by atoms with Crippen LogP contribution in [0.4, 0.5) is 0 Å². The van der Waals surface area contributed by atoms with E-state index < -0.39 is 15.6 Å². The van der Waals surface area contributed by atoms with E-state index in [9.17, 15) is 13.5 Å². The smallest absolute Gasteiger partial charge is 0.250 e. The van der Waals surface area contributed by atoms with Crippen LogP contribution in [0.3, 0.4) is 0 Å². The maximum absolute atomic E-state index is 12.1. The molecule has 1 aromatic heterocycles. The molecule has 0 saturated carbocycles. The fourth-order valence-electron chi connectivity index (χ4n) is 1.16. The van der Waals surface area contributed by atoms with Crippen molar-refractivity contribution in [1.29, 1.82) is 0 Å². The van der Waals surface area contributed by atoms with Gasteiger partial charge in [-0.15, -0.1) is 11.3 Å². The van der Waals surface area contributed by atoms with Gasteiger partial charge in [0.2, 0.25) is 0 Å². The van der Waals surface area contributed by atoms with Gasteiger partial charge >= 0.3 is 0 Å². The molecule has 0 amide bonds. The van der Waals surface area contributed by atoms with Crippen LogP contribution in [0.5, 0.6) is 0 Å². The molecule has 1 unspecified atom stereocenters. The first kappa shape index (κ1) is 15.1. The molecule has 7 heteroatoms. The maximum Gasteiger partial charge on any atom is 0.250 e. The van der Waals surface area contributed by atoms with E-state index in [1.165, 1.54) is 11.3 Å². The minimum Gasteiger partial charge on any atom is -0.394 e. The third-order valence-electron chi connectivity index (χ3n) is 2.61. The van der Waals surface area contributed by atoms with Gasteiger partial charge in [-0.1, -0.05) is 6.92 Å². The van der Waals surface area contributed by atoms with Crippen molar-refractivity contribution in [1.82, 2.24) is 4.72 Å². The first-order chi connectivity index (χ1) is 7.74. The van der Waals surface area contributed by atoms with Gasteiger partial charge < -0.3 is 5.11 Å². The molecule has 0 fully saturated rings. The van der Waals surface area contributed by atoms with E-state index in [0.717, 1.165) is 9.35 Å². The molecule has 1 heterocycles. The number of hydrogen-bond donors (Lipinski definition) is 2. The lowest BCUT2D eigenvalue weighted by Crippen LogP contribution is -2.48. The summed E-state index contributed by atoms with van der Waals surface area (Å²) in [5.74, 6) is 0. The topological polar surface area (TPSA) is 66.4 Å². The van der Waals surface area contributed by atoms with E-state index in [2.05, 4.69) is 20.7 Å². The third kappa shape index (κ3) is 3.51. The van der Waals surface area contributed by atoms with Crippen molar-refractivity contribution in [2.24, 2.45) is 0 Å². The van der Waals surface area contributed by atoms with Crippen molar-refractivity contribution in [2.45, 2.75) is 36.9 Å². The molecule has 0 radical (unpaired) electrons. The molecule has 0 aromatic carbocycles. The van der Waals surface area contributed by atoms with E-state index in [1.807, 2.05) is 13.8 Å². The van der Waals surface area contributed by atoms with Crippen LogP contribution in [0, 0.1) is 6.92 Å². The van der Waals surface area contributed by atoms with Gasteiger partial charge in [0.15, 0.2) is 0 Å². The summed E-state index contributed by atoms with van der Waals surface area (Å²) in [4.78, 5) is 0. The van der Waals surface area contributed by atoms with Gasteiger partial charge in [-0.05, 0) is 47.8 Å². The van der Waals surface area contributed by atoms with Crippen LogP contribution in [0.2, 0.25) is 0 Å². The summed E-state index contributed by atoms with van der Waals surface area (Å²) in [7, 11) is -3.57. The van der Waals surface area contributed by atoms with Crippen LogP contribution in [0.25, 0.3) is 0 Å². The molecular formula is C10H16BrNO3S2. The molecule has 2 N–H and O–H groups in total. The summed E-state index contributed by atoms with van der Waals surface area (Å²) in [6.45, 7) is 5.12. The van der Waals surface area contributed by atoms with E-state index in [-0.39, 0.29) is 10.8 Å². The third-order valence-corrected chi connectivity index (χ3v) is 6.86. The summed E-state index contributed by atoms with van der Waals surface area (Å²) in [5.41, 5.74) is 0.0704. The molecule has 1 rings (SSSR count). The Morgan fingerprint density at radius 2 is 2.18 bits per heavy atom. The van der Waals surface area contributed by atoms with E-state index >= 15 is 0 Å². The van der Waals surface area contributed by atoms with Gasteiger partial charge in [-0.25, -0.2) is 13.1 Å². The van der Waals surface area contributed by atoms with Gasteiger partial charge in [0.25, 0.3) is 10.0 Å². The van der Waals surface area contributed by atoms with E-state index in [0.29, 0.717) is 6.42 Å². The van der Waals surface area contributed by atoms with E-state index in [4.69, 9.17) is 0 Å². The standard InChI is InChI=1S/C10H16BrNO3S2/c1-4-10(3,6-13)12-17(14,15)8-5-7(2)9(11)16-8/h5,12-13H,4,6H2,1-3H3. The molecule has 1 atom stereocenters. The zero-order valence-electron chi connectivity index (χ0n) is 9.95. The first-order valence-electron chi connectivity index (χ1n) is 5.15. The predicted octanol–water partition coefficient (Wildman–Crippen LogP) is 2.26. The molecule has 0 aliphatic carbocycles. The quantitative estimate of drug-likeness (QED) is 0.863. The highest BCUT2D eigenvalue weighted by Gasteiger charge is 2.29. The van der Waals surface area contributed by atoms with Gasteiger partial charge in [0, 0.05) is 0 Å². The zero-order valence-corrected chi connectivity index (χ0v) is 13.2. The highest BCUT2D eigenvalue weighted by atomic mass is 79.9. The Kier molecular flexibility index (Phi) is 4.76. The van der Waals surface area contributed by atoms with Gasteiger partial charge in [0.1, 0.15) is 4.21 Å². The van der Waals surface area contributed by atoms with Crippen molar-refractivity contribution in [3.8, 4) is 0 Å². The SMILES string of the molecule is CCC(C)(CO)NS(=O)(=O)c1cc(C)c(Br)s1. The Balaban J connectivity index is 3.04. The number of nitrogens with one attached hydrogen (secondary N) is 1. The normalized spacial score (nSPS) is 15.8. The summed E-state index contributed by atoms with van der Waals surface area (Å²) in [6, 6.07) is 1.62. The van der Waals surface area contributed by atoms with Crippen LogP contribution in [0.1, 0.15) is 25.8 Å². The minimum absolute atomic E-state index is 0.228. The van der Waals surface area contributed by atoms with Crippen LogP contribution in [-0.4, -0.2) is 25.7 Å². The number of halogens is 1. The van der Waals surface area contributed by atoms with Crippen LogP contribution in [-0.2, 0) is 10.0 Å². The number of thiophene rings is 1. The molecule has 1 aromatic rings. The highest BCUT2D eigenvalue weighted by Crippen LogP contribution is 2.31.